The van der Waals surface area contributed by atoms with Crippen LogP contribution in [-0.2, 0) is 15.2 Å². The molecule has 0 atom stereocenters. The minimum Gasteiger partial charge on any atom is -0.281 e. The number of benzene rings is 2. The predicted molar refractivity (Wildman–Crippen MR) is 94.0 cm³/mol. The summed E-state index contributed by atoms with van der Waals surface area (Å²) in [4.78, 5) is -0.101. The summed E-state index contributed by atoms with van der Waals surface area (Å²) < 4.78 is 63.3. The first kappa shape index (κ1) is 17.7. The van der Waals surface area contributed by atoms with Crippen LogP contribution in [0.1, 0.15) is 5.56 Å². The summed E-state index contributed by atoms with van der Waals surface area (Å²) in [5, 5.41) is 8.38. The maximum absolute atomic E-state index is 12.8. The van der Waals surface area contributed by atoms with Crippen molar-refractivity contribution in [3.8, 4) is 11.1 Å². The molecule has 4 aromatic rings. The van der Waals surface area contributed by atoms with Crippen molar-refractivity contribution in [2.75, 3.05) is 0 Å². The van der Waals surface area contributed by atoms with Crippen molar-refractivity contribution in [3.63, 3.8) is 0 Å². The lowest BCUT2D eigenvalue weighted by Gasteiger charge is -2.11. The summed E-state index contributed by atoms with van der Waals surface area (Å²) >= 11 is 0. The van der Waals surface area contributed by atoms with Gasteiger partial charge in [-0.15, -0.1) is 10.2 Å². The third-order valence-electron chi connectivity index (χ3n) is 4.17. The van der Waals surface area contributed by atoms with Crippen LogP contribution in [0.4, 0.5) is 13.2 Å². The Labute approximate surface area is 155 Å². The molecule has 2 aromatic carbocycles. The van der Waals surface area contributed by atoms with Crippen LogP contribution in [0.25, 0.3) is 27.7 Å². The number of rotatable bonds is 2. The van der Waals surface area contributed by atoms with Gasteiger partial charge in [-0.1, -0.05) is 18.2 Å². The molecule has 138 valence electrons. The Hall–Kier alpha value is -2.65. The average Bonchev–Trinajstić information content (AvgIpc) is 3.08. The molecule has 0 unspecified atom stereocenters. The Bertz CT molecular complexity index is 1280. The second kappa shape index (κ2) is 5.93. The van der Waals surface area contributed by atoms with Crippen LogP contribution in [0.2, 0.25) is 0 Å². The van der Waals surface area contributed by atoms with Gasteiger partial charge in [0.05, 0.1) is 16.0 Å². The lowest BCUT2D eigenvalue weighted by molar-refractivity contribution is -0.137. The number of fused-ring (bicyclic) bond motifs is 3. The summed E-state index contributed by atoms with van der Waals surface area (Å²) in [6.07, 6.45) is -3.01. The number of pyridine rings is 1. The first-order valence-corrected chi connectivity index (χ1v) is 9.84. The van der Waals surface area contributed by atoms with Gasteiger partial charge < -0.3 is 0 Å². The monoisotopic (exact) mass is 411 g/mol. The van der Waals surface area contributed by atoms with Gasteiger partial charge in [-0.05, 0) is 41.5 Å². The highest BCUT2D eigenvalue weighted by Crippen LogP contribution is 2.35. The Morgan fingerprint density at radius 1 is 1.00 bits per heavy atom. The van der Waals surface area contributed by atoms with E-state index in [0.29, 0.717) is 27.7 Å². The molecule has 0 N–H and O–H groups in total. The summed E-state index contributed by atoms with van der Waals surface area (Å²) in [5.74, 6) is 0. The fourth-order valence-corrected chi connectivity index (χ4v) is 3.67. The molecule has 0 amide bonds. The first-order valence-electron chi connectivity index (χ1n) is 7.53. The summed E-state index contributed by atoms with van der Waals surface area (Å²) in [6, 6.07) is 10.6. The normalized spacial score (nSPS) is 12.7. The molecule has 0 saturated carbocycles. The maximum Gasteiger partial charge on any atom is 0.416 e. The minimum atomic E-state index is -4.43. The van der Waals surface area contributed by atoms with Crippen LogP contribution < -0.4 is 0 Å². The van der Waals surface area contributed by atoms with Crippen molar-refractivity contribution in [1.82, 2.24) is 14.6 Å². The number of alkyl halides is 3. The van der Waals surface area contributed by atoms with E-state index in [4.69, 9.17) is 10.7 Å². The highest BCUT2D eigenvalue weighted by Gasteiger charge is 2.30. The smallest absolute Gasteiger partial charge is 0.281 e. The first-order chi connectivity index (χ1) is 12.6. The standard InChI is InChI=1S/C17H9ClF3N3O2S/c18-27(25,26)12-5-6-13-14(8-16-23-22-9-24(16)15(13)7-12)10-1-3-11(4-2-10)17(19,20)21/h1-9H. The van der Waals surface area contributed by atoms with Crippen LogP contribution in [-0.4, -0.2) is 23.0 Å². The Morgan fingerprint density at radius 2 is 1.70 bits per heavy atom. The van der Waals surface area contributed by atoms with E-state index >= 15 is 0 Å². The van der Waals surface area contributed by atoms with E-state index in [1.165, 1.54) is 30.6 Å². The van der Waals surface area contributed by atoms with Gasteiger partial charge in [0.25, 0.3) is 9.05 Å². The number of aromatic nitrogens is 3. The van der Waals surface area contributed by atoms with Crippen LogP contribution in [0, 0.1) is 0 Å². The predicted octanol–water partition coefficient (Wildman–Crippen LogP) is 4.50. The third-order valence-corrected chi connectivity index (χ3v) is 5.52. The van der Waals surface area contributed by atoms with E-state index in [-0.39, 0.29) is 4.90 Å². The molecule has 0 saturated heterocycles. The zero-order valence-corrected chi connectivity index (χ0v) is 14.8. The van der Waals surface area contributed by atoms with Gasteiger partial charge >= 0.3 is 6.18 Å². The zero-order chi connectivity index (χ0) is 19.4. The highest BCUT2D eigenvalue weighted by atomic mass is 35.7. The molecule has 0 spiro atoms. The van der Waals surface area contributed by atoms with E-state index in [0.717, 1.165) is 12.1 Å². The largest absolute Gasteiger partial charge is 0.416 e. The number of hydrogen-bond donors (Lipinski definition) is 0. The van der Waals surface area contributed by atoms with E-state index in [9.17, 15) is 21.6 Å². The second-order valence-corrected chi connectivity index (χ2v) is 8.38. The molecular weight excluding hydrogens is 403 g/mol. The van der Waals surface area contributed by atoms with E-state index < -0.39 is 20.8 Å². The van der Waals surface area contributed by atoms with Gasteiger partial charge in [0.15, 0.2) is 5.65 Å². The van der Waals surface area contributed by atoms with Gasteiger partial charge in [-0.2, -0.15) is 13.2 Å². The minimum absolute atomic E-state index is 0.101. The van der Waals surface area contributed by atoms with E-state index in [1.54, 1.807) is 16.5 Å². The van der Waals surface area contributed by atoms with Crippen molar-refractivity contribution >= 4 is 36.3 Å². The van der Waals surface area contributed by atoms with Crippen LogP contribution >= 0.6 is 10.7 Å². The molecule has 27 heavy (non-hydrogen) atoms. The van der Waals surface area contributed by atoms with Gasteiger partial charge in [0, 0.05) is 16.1 Å². The molecule has 0 aliphatic carbocycles. The molecule has 2 aromatic heterocycles. The molecule has 0 bridgehead atoms. The van der Waals surface area contributed by atoms with Crippen molar-refractivity contribution in [1.29, 1.82) is 0 Å². The highest BCUT2D eigenvalue weighted by molar-refractivity contribution is 8.13. The molecule has 0 radical (unpaired) electrons. The average molecular weight is 412 g/mol. The van der Waals surface area contributed by atoms with Crippen molar-refractivity contribution in [3.05, 3.63) is 60.4 Å². The molecular formula is C17H9ClF3N3O2S. The molecule has 5 nitrogen and oxygen atoms in total. The molecule has 0 aliphatic heterocycles. The van der Waals surface area contributed by atoms with Crippen LogP contribution in [0.15, 0.2) is 59.8 Å². The van der Waals surface area contributed by atoms with Crippen LogP contribution in [0.3, 0.4) is 0 Å². The lowest BCUT2D eigenvalue weighted by Crippen LogP contribution is -2.04. The number of halogens is 4. The maximum atomic E-state index is 12.8. The fraction of sp³-hybridized carbons (Fsp3) is 0.0588. The lowest BCUT2D eigenvalue weighted by atomic mass is 10.00. The van der Waals surface area contributed by atoms with Crippen molar-refractivity contribution in [2.24, 2.45) is 0 Å². The fourth-order valence-electron chi connectivity index (χ4n) is 2.90. The molecule has 10 heteroatoms. The van der Waals surface area contributed by atoms with E-state index in [2.05, 4.69) is 10.2 Å². The van der Waals surface area contributed by atoms with Gasteiger partial charge in [-0.3, -0.25) is 4.40 Å². The van der Waals surface area contributed by atoms with Gasteiger partial charge in [0.2, 0.25) is 0 Å². The van der Waals surface area contributed by atoms with Crippen molar-refractivity contribution in [2.45, 2.75) is 11.1 Å². The molecule has 0 aliphatic rings. The van der Waals surface area contributed by atoms with Gasteiger partial charge in [0.1, 0.15) is 6.33 Å². The van der Waals surface area contributed by atoms with Crippen molar-refractivity contribution < 1.29 is 21.6 Å². The second-order valence-electron chi connectivity index (χ2n) is 5.81. The molecule has 2 heterocycles. The Kier molecular flexibility index (Phi) is 3.90. The number of hydrogen-bond acceptors (Lipinski definition) is 4. The molecule has 4 rings (SSSR count). The van der Waals surface area contributed by atoms with E-state index in [1.807, 2.05) is 0 Å². The summed E-state index contributed by atoms with van der Waals surface area (Å²) in [7, 11) is 1.47. The topological polar surface area (TPSA) is 64.3 Å². The zero-order valence-electron chi connectivity index (χ0n) is 13.3. The number of nitrogens with zero attached hydrogens (tertiary/aromatic N) is 3. The molecule has 0 fully saturated rings. The Balaban J connectivity index is 2.00. The summed E-state index contributed by atoms with van der Waals surface area (Å²) in [6.45, 7) is 0. The quantitative estimate of drug-likeness (QED) is 0.456. The van der Waals surface area contributed by atoms with Gasteiger partial charge in [-0.25, -0.2) is 8.42 Å². The van der Waals surface area contributed by atoms with Crippen LogP contribution in [0.5, 0.6) is 0 Å². The third kappa shape index (κ3) is 3.13. The Morgan fingerprint density at radius 3 is 2.33 bits per heavy atom. The SMILES string of the molecule is O=S(=O)(Cl)c1ccc2c(-c3ccc(C(F)(F)F)cc3)cc3nncn3c2c1. The summed E-state index contributed by atoms with van der Waals surface area (Å²) in [5.41, 5.74) is 1.25.